The van der Waals surface area contributed by atoms with Crippen LogP contribution in [-0.2, 0) is 49.6 Å². The molecular formula is C13H13NO7S2. The molecule has 0 saturated carbocycles. The highest BCUT2D eigenvalue weighted by Gasteiger charge is 2.33. The summed E-state index contributed by atoms with van der Waals surface area (Å²) in [7, 11) is -2.04. The third-order valence-electron chi connectivity index (χ3n) is 2.94. The highest BCUT2D eigenvalue weighted by Crippen LogP contribution is 2.15. The second kappa shape index (κ2) is 7.13. The van der Waals surface area contributed by atoms with Gasteiger partial charge < -0.3 is 4.84 Å². The molecule has 1 aromatic rings. The van der Waals surface area contributed by atoms with E-state index in [0.717, 1.165) is 0 Å². The molecule has 10 heteroatoms. The molecule has 1 aromatic carbocycles. The van der Waals surface area contributed by atoms with Crippen LogP contribution in [0.1, 0.15) is 28.8 Å². The first-order valence-electron chi connectivity index (χ1n) is 6.44. The molecule has 0 bridgehead atoms. The monoisotopic (exact) mass is 359 g/mol. The van der Waals surface area contributed by atoms with E-state index in [1.807, 2.05) is 0 Å². The van der Waals surface area contributed by atoms with Gasteiger partial charge in [0.25, 0.3) is 20.9 Å². The summed E-state index contributed by atoms with van der Waals surface area (Å²) in [5.41, 5.74) is 0.747. The normalized spacial score (nSPS) is 17.2. The molecule has 0 N–H and O–H groups in total. The third-order valence-corrected chi connectivity index (χ3v) is 4.46. The van der Waals surface area contributed by atoms with E-state index in [0.29, 0.717) is 10.6 Å². The molecule has 2 rings (SSSR count). The molecule has 0 aliphatic carbocycles. The Morgan fingerprint density at radius 3 is 2.30 bits per heavy atom. The van der Waals surface area contributed by atoms with Crippen LogP contribution in [-0.4, -0.2) is 34.2 Å². The number of hydrogen-bond donors (Lipinski definition) is 0. The Kier molecular flexibility index (Phi) is 5.42. The van der Waals surface area contributed by atoms with Crippen LogP contribution >= 0.6 is 0 Å². The van der Waals surface area contributed by atoms with E-state index < -0.39 is 26.8 Å². The quantitative estimate of drug-likeness (QED) is 0.683. The molecule has 1 fully saturated rings. The summed E-state index contributed by atoms with van der Waals surface area (Å²) in [6.07, 6.45) is 0.0600. The zero-order chi connectivity index (χ0) is 17.0. The van der Waals surface area contributed by atoms with Crippen LogP contribution < -0.4 is 0 Å². The molecule has 0 aromatic heterocycles. The topological polar surface area (TPSA) is 99.2 Å². The van der Waals surface area contributed by atoms with Gasteiger partial charge in [0.05, 0.1) is 19.3 Å². The predicted octanol–water partition coefficient (Wildman–Crippen LogP) is 0.647. The van der Waals surface area contributed by atoms with E-state index in [-0.39, 0.29) is 25.0 Å². The summed E-state index contributed by atoms with van der Waals surface area (Å²) >= 11 is 4.55. The highest BCUT2D eigenvalue weighted by molar-refractivity contribution is 8.27. The largest absolute Gasteiger partial charge is 0.363 e. The summed E-state index contributed by atoms with van der Waals surface area (Å²) in [6.45, 7) is -0.0609. The Morgan fingerprint density at radius 1 is 1.22 bits per heavy atom. The number of carbonyl (C=O) groups excluding carboxylic acids is 3. The summed E-state index contributed by atoms with van der Waals surface area (Å²) < 4.78 is 20.8. The van der Waals surface area contributed by atoms with Crippen molar-refractivity contribution in [1.29, 1.82) is 0 Å². The van der Waals surface area contributed by atoms with E-state index in [1.54, 1.807) is 0 Å². The van der Waals surface area contributed by atoms with Gasteiger partial charge in [-0.2, -0.15) is 4.21 Å². The molecule has 1 aliphatic rings. The molecule has 1 heterocycles. The Morgan fingerprint density at radius 2 is 1.78 bits per heavy atom. The maximum Gasteiger partial charge on any atom is 0.363 e. The predicted molar refractivity (Wildman–Crippen MR) is 80.2 cm³/mol. The molecular weight excluding hydrogens is 346 g/mol. The van der Waals surface area contributed by atoms with Crippen molar-refractivity contribution in [3.8, 4) is 0 Å². The Balaban J connectivity index is 1.97. The zero-order valence-corrected chi connectivity index (χ0v) is 13.7. The van der Waals surface area contributed by atoms with Gasteiger partial charge in [-0.25, -0.2) is 4.79 Å². The van der Waals surface area contributed by atoms with Gasteiger partial charge in [-0.3, -0.25) is 18.0 Å². The van der Waals surface area contributed by atoms with Crippen molar-refractivity contribution >= 4 is 38.0 Å². The van der Waals surface area contributed by atoms with Crippen molar-refractivity contribution in [2.24, 2.45) is 0 Å². The van der Waals surface area contributed by atoms with Crippen LogP contribution in [0.5, 0.6) is 0 Å². The van der Waals surface area contributed by atoms with E-state index in [9.17, 15) is 18.6 Å². The standard InChI is InChI=1S/C13H13NO7S2/c1-19-23(18,22)20-8-9-2-4-10(5-3-9)13(17)21-14-11(15)6-7-12(14)16/h2-5H,6-8H2,1H3. The first-order valence-corrected chi connectivity index (χ1v) is 8.78. The van der Waals surface area contributed by atoms with Crippen LogP contribution in [0.4, 0.5) is 0 Å². The fourth-order valence-corrected chi connectivity index (χ4v) is 2.24. The number of hydroxylamine groups is 2. The fraction of sp³-hybridized carbons (Fsp3) is 0.308. The molecule has 0 radical (unpaired) electrons. The van der Waals surface area contributed by atoms with Crippen molar-refractivity contribution in [3.05, 3.63) is 35.4 Å². The van der Waals surface area contributed by atoms with Crippen molar-refractivity contribution in [3.63, 3.8) is 0 Å². The summed E-state index contributed by atoms with van der Waals surface area (Å²) in [5, 5.41) is 0.476. The fourth-order valence-electron chi connectivity index (χ4n) is 1.72. The van der Waals surface area contributed by atoms with Gasteiger partial charge in [-0.15, -0.1) is 5.06 Å². The molecule has 1 aliphatic heterocycles. The lowest BCUT2D eigenvalue weighted by molar-refractivity contribution is -0.172. The van der Waals surface area contributed by atoms with Crippen LogP contribution in [0.25, 0.3) is 0 Å². The summed E-state index contributed by atoms with van der Waals surface area (Å²) in [6, 6.07) is 5.91. The maximum absolute atomic E-state index is 11.9. The lowest BCUT2D eigenvalue weighted by Crippen LogP contribution is -2.32. The average molecular weight is 359 g/mol. The summed E-state index contributed by atoms with van der Waals surface area (Å²) in [4.78, 5) is 39.4. The van der Waals surface area contributed by atoms with Gasteiger partial charge in [0.1, 0.15) is 0 Å². The number of rotatable bonds is 6. The van der Waals surface area contributed by atoms with Crippen LogP contribution in [0, 0.1) is 0 Å². The minimum absolute atomic E-state index is 0.0300. The first kappa shape index (κ1) is 17.5. The number of imide groups is 1. The van der Waals surface area contributed by atoms with Crippen molar-refractivity contribution in [2.45, 2.75) is 19.4 Å². The Bertz CT molecular complexity index is 711. The van der Waals surface area contributed by atoms with Gasteiger partial charge in [-0.05, 0) is 17.7 Å². The van der Waals surface area contributed by atoms with Crippen molar-refractivity contribution in [2.75, 3.05) is 7.11 Å². The smallest absolute Gasteiger partial charge is 0.325 e. The molecule has 0 spiro atoms. The Hall–Kier alpha value is -1.88. The molecule has 124 valence electrons. The molecule has 1 saturated heterocycles. The lowest BCUT2D eigenvalue weighted by Gasteiger charge is -2.12. The number of amides is 2. The lowest BCUT2D eigenvalue weighted by atomic mass is 10.1. The number of hydrogen-bond acceptors (Lipinski definition) is 8. The van der Waals surface area contributed by atoms with Crippen molar-refractivity contribution in [1.82, 2.24) is 5.06 Å². The van der Waals surface area contributed by atoms with E-state index in [4.69, 9.17) is 9.02 Å². The molecule has 2 amide bonds. The van der Waals surface area contributed by atoms with Gasteiger partial charge in [0, 0.05) is 24.0 Å². The number of nitrogens with zero attached hydrogens (tertiary/aromatic N) is 1. The molecule has 23 heavy (non-hydrogen) atoms. The van der Waals surface area contributed by atoms with E-state index in [1.165, 1.54) is 31.4 Å². The van der Waals surface area contributed by atoms with Crippen molar-refractivity contribution < 1.29 is 31.8 Å². The van der Waals surface area contributed by atoms with Gasteiger partial charge >= 0.3 is 5.97 Å². The van der Waals surface area contributed by atoms with Gasteiger partial charge in [0.2, 0.25) is 0 Å². The Labute approximate surface area is 137 Å². The number of benzene rings is 1. The number of carbonyl (C=O) groups is 3. The van der Waals surface area contributed by atoms with E-state index in [2.05, 4.69) is 15.4 Å². The van der Waals surface area contributed by atoms with Gasteiger partial charge in [-0.1, -0.05) is 12.1 Å². The third kappa shape index (κ3) is 4.55. The minimum atomic E-state index is -3.21. The van der Waals surface area contributed by atoms with Crippen LogP contribution in [0.2, 0.25) is 0 Å². The molecule has 8 nitrogen and oxygen atoms in total. The second-order valence-electron chi connectivity index (χ2n) is 4.49. The minimum Gasteiger partial charge on any atom is -0.325 e. The van der Waals surface area contributed by atoms with Gasteiger partial charge in [0.15, 0.2) is 0 Å². The van der Waals surface area contributed by atoms with E-state index >= 15 is 0 Å². The molecule has 1 atom stereocenters. The van der Waals surface area contributed by atoms with Crippen LogP contribution in [0.3, 0.4) is 0 Å². The summed E-state index contributed by atoms with van der Waals surface area (Å²) in [5.74, 6) is -1.92. The second-order valence-corrected chi connectivity index (χ2v) is 7.10. The van der Waals surface area contributed by atoms with Crippen LogP contribution in [0.15, 0.2) is 24.3 Å². The highest BCUT2D eigenvalue weighted by atomic mass is 32.9. The molecule has 1 unspecified atom stereocenters. The average Bonchev–Trinajstić information content (AvgIpc) is 2.85. The zero-order valence-electron chi connectivity index (χ0n) is 12.1. The first-order chi connectivity index (χ1) is 10.8. The SMILES string of the molecule is COS(=O)(=S)OCc1ccc(C(=O)ON2C(=O)CCC2=O)cc1. The maximum atomic E-state index is 11.9.